The second-order valence-electron chi connectivity index (χ2n) is 9.70. The lowest BCUT2D eigenvalue weighted by molar-refractivity contribution is -0.167. The van der Waals surface area contributed by atoms with Crippen LogP contribution < -0.4 is 0 Å². The first-order chi connectivity index (χ1) is 16.6. The average Bonchev–Trinajstić information content (AvgIpc) is 2.90. The van der Waals surface area contributed by atoms with Crippen LogP contribution in [0, 0.1) is 11.3 Å². The van der Waals surface area contributed by atoms with Crippen LogP contribution >= 0.6 is 15.9 Å². The van der Waals surface area contributed by atoms with E-state index in [0.29, 0.717) is 12.2 Å². The van der Waals surface area contributed by atoms with Gasteiger partial charge >= 0.3 is 0 Å². The molecule has 0 saturated heterocycles. The lowest BCUT2D eigenvalue weighted by Gasteiger charge is -2.52. The molecule has 34 heavy (non-hydrogen) atoms. The van der Waals surface area contributed by atoms with E-state index in [1.54, 1.807) is 0 Å². The lowest BCUT2D eigenvalue weighted by atomic mass is 9.52. The fraction of sp³-hybridized carbons (Fsp3) is 0.367. The molecule has 2 fully saturated rings. The maximum Gasteiger partial charge on any atom is 0.139 e. The molecular weight excluding hydrogens is 488 g/mol. The molecule has 0 bridgehead atoms. The Morgan fingerprint density at radius 1 is 0.853 bits per heavy atom. The Hall–Kier alpha value is -2.27. The smallest absolute Gasteiger partial charge is 0.139 e. The lowest BCUT2D eigenvalue weighted by Crippen LogP contribution is -2.51. The van der Waals surface area contributed by atoms with E-state index in [2.05, 4.69) is 22.0 Å². The van der Waals surface area contributed by atoms with Crippen molar-refractivity contribution in [1.29, 1.82) is 0 Å². The number of aliphatic hydroxyl groups is 1. The third-order valence-electron chi connectivity index (χ3n) is 7.88. The zero-order valence-electron chi connectivity index (χ0n) is 19.3. The highest BCUT2D eigenvalue weighted by Crippen LogP contribution is 2.58. The van der Waals surface area contributed by atoms with Gasteiger partial charge in [-0.05, 0) is 42.0 Å². The van der Waals surface area contributed by atoms with Gasteiger partial charge in [-0.3, -0.25) is 4.79 Å². The number of Topliss-reactive ketones (excluding diaryl/α,β-unsaturated/α-hetero) is 1. The molecular formula is C30H31BrO3. The fourth-order valence-electron chi connectivity index (χ4n) is 5.96. The van der Waals surface area contributed by atoms with Crippen molar-refractivity contribution in [2.45, 2.75) is 56.8 Å². The Kier molecular flexibility index (Phi) is 7.01. The van der Waals surface area contributed by atoms with Gasteiger partial charge in [-0.1, -0.05) is 108 Å². The predicted octanol–water partition coefficient (Wildman–Crippen LogP) is 7.52. The van der Waals surface area contributed by atoms with Gasteiger partial charge in [0.05, 0.1) is 6.10 Å². The number of ketones is 1. The molecule has 3 aromatic carbocycles. The largest absolute Gasteiger partial charge is 0.385 e. The predicted molar refractivity (Wildman–Crippen MR) is 137 cm³/mol. The Bertz CT molecular complexity index is 1120. The van der Waals surface area contributed by atoms with Gasteiger partial charge < -0.3 is 9.84 Å². The van der Waals surface area contributed by atoms with E-state index in [1.165, 1.54) is 0 Å². The van der Waals surface area contributed by atoms with Crippen LogP contribution in [-0.4, -0.2) is 10.9 Å². The SMILES string of the molecule is O=C1CC[C@]12CCCC[C@@H]2[C@H](O[C@H](c1ccccc1)[C@H](O)c1ccccc1)c1ccccc1Br. The molecule has 4 heteroatoms. The molecule has 5 rings (SSSR count). The van der Waals surface area contributed by atoms with Gasteiger partial charge in [-0.25, -0.2) is 0 Å². The number of carbonyl (C=O) groups excluding carboxylic acids is 1. The standard InChI is InChI=1S/C30H31BrO3/c31-25-17-8-7-15-23(25)29(24-16-9-10-19-30(24)20-18-26(30)32)34-28(22-13-5-2-6-14-22)27(33)21-11-3-1-4-12-21/h1-8,11-15,17,24,27-29,33H,9-10,16,18-20H2/t24-,27-,28-,29-,30+/m1/s1. The summed E-state index contributed by atoms with van der Waals surface area (Å²) in [7, 11) is 0. The minimum Gasteiger partial charge on any atom is -0.385 e. The van der Waals surface area contributed by atoms with Crippen LogP contribution in [0.2, 0.25) is 0 Å². The Labute approximate surface area is 210 Å². The maximum atomic E-state index is 13.0. The molecule has 0 radical (unpaired) electrons. The first-order valence-electron chi connectivity index (χ1n) is 12.3. The van der Waals surface area contributed by atoms with Gasteiger partial charge in [0, 0.05) is 22.2 Å². The van der Waals surface area contributed by atoms with E-state index in [9.17, 15) is 9.90 Å². The number of halogens is 1. The van der Waals surface area contributed by atoms with E-state index >= 15 is 0 Å². The summed E-state index contributed by atoms with van der Waals surface area (Å²) in [5.41, 5.74) is 2.51. The molecule has 1 spiro atoms. The molecule has 0 heterocycles. The third kappa shape index (κ3) is 4.39. The van der Waals surface area contributed by atoms with Crippen LogP contribution in [0.3, 0.4) is 0 Å². The summed E-state index contributed by atoms with van der Waals surface area (Å²) in [5, 5.41) is 11.5. The molecule has 0 amide bonds. The van der Waals surface area contributed by atoms with Gasteiger partial charge in [0.1, 0.15) is 18.0 Å². The molecule has 3 nitrogen and oxygen atoms in total. The number of hydrogen-bond acceptors (Lipinski definition) is 3. The Balaban J connectivity index is 1.58. The number of carbonyl (C=O) groups is 1. The molecule has 1 N–H and O–H groups in total. The molecule has 0 aliphatic heterocycles. The van der Waals surface area contributed by atoms with Crippen molar-refractivity contribution in [1.82, 2.24) is 0 Å². The van der Waals surface area contributed by atoms with Crippen molar-refractivity contribution in [2.75, 3.05) is 0 Å². The summed E-state index contributed by atoms with van der Waals surface area (Å²) in [6.45, 7) is 0. The Morgan fingerprint density at radius 2 is 1.50 bits per heavy atom. The summed E-state index contributed by atoms with van der Waals surface area (Å²) in [5.74, 6) is 0.480. The summed E-state index contributed by atoms with van der Waals surface area (Å²) in [4.78, 5) is 13.0. The monoisotopic (exact) mass is 518 g/mol. The van der Waals surface area contributed by atoms with Gasteiger partial charge in [0.25, 0.3) is 0 Å². The zero-order chi connectivity index (χ0) is 23.5. The highest BCUT2D eigenvalue weighted by atomic mass is 79.9. The van der Waals surface area contributed by atoms with Crippen LogP contribution in [0.5, 0.6) is 0 Å². The first-order valence-corrected chi connectivity index (χ1v) is 13.1. The van der Waals surface area contributed by atoms with E-state index < -0.39 is 12.2 Å². The highest BCUT2D eigenvalue weighted by Gasteiger charge is 2.55. The molecule has 2 aliphatic carbocycles. The fourth-order valence-corrected chi connectivity index (χ4v) is 6.47. The summed E-state index contributed by atoms with van der Waals surface area (Å²) >= 11 is 3.76. The number of hydrogen-bond donors (Lipinski definition) is 1. The van der Waals surface area contributed by atoms with Gasteiger partial charge in [0.15, 0.2) is 0 Å². The van der Waals surface area contributed by atoms with Crippen LogP contribution in [0.15, 0.2) is 89.4 Å². The minimum atomic E-state index is -0.828. The molecule has 2 aliphatic rings. The molecule has 0 aromatic heterocycles. The Morgan fingerprint density at radius 3 is 2.12 bits per heavy atom. The van der Waals surface area contributed by atoms with Crippen molar-refractivity contribution >= 4 is 21.7 Å². The summed E-state index contributed by atoms with van der Waals surface area (Å²) in [6.07, 6.45) is 4.02. The second kappa shape index (κ2) is 10.2. The molecule has 5 atom stereocenters. The summed E-state index contributed by atoms with van der Waals surface area (Å²) in [6, 6.07) is 27.8. The normalized spacial score (nSPS) is 24.9. The number of benzene rings is 3. The highest BCUT2D eigenvalue weighted by molar-refractivity contribution is 9.10. The maximum absolute atomic E-state index is 13.0. The zero-order valence-corrected chi connectivity index (χ0v) is 20.9. The molecule has 3 aromatic rings. The van der Waals surface area contributed by atoms with Crippen molar-refractivity contribution in [3.05, 3.63) is 106 Å². The second-order valence-corrected chi connectivity index (χ2v) is 10.6. The van der Waals surface area contributed by atoms with E-state index in [-0.39, 0.29) is 17.4 Å². The van der Waals surface area contributed by atoms with Crippen LogP contribution in [0.4, 0.5) is 0 Å². The topological polar surface area (TPSA) is 46.5 Å². The molecule has 176 valence electrons. The number of aliphatic hydroxyl groups excluding tert-OH is 1. The van der Waals surface area contributed by atoms with Crippen LogP contribution in [0.1, 0.15) is 73.5 Å². The molecule has 0 unspecified atom stereocenters. The number of rotatable bonds is 7. The van der Waals surface area contributed by atoms with Gasteiger partial charge in [-0.2, -0.15) is 0 Å². The average molecular weight is 519 g/mol. The molecule has 2 saturated carbocycles. The third-order valence-corrected chi connectivity index (χ3v) is 8.60. The van der Waals surface area contributed by atoms with E-state index in [1.807, 2.05) is 78.9 Å². The minimum absolute atomic E-state index is 0.0929. The van der Waals surface area contributed by atoms with E-state index in [4.69, 9.17) is 4.74 Å². The number of ether oxygens (including phenoxy) is 1. The van der Waals surface area contributed by atoms with Gasteiger partial charge in [-0.15, -0.1) is 0 Å². The van der Waals surface area contributed by atoms with Crippen LogP contribution in [-0.2, 0) is 9.53 Å². The quantitative estimate of drug-likeness (QED) is 0.351. The van der Waals surface area contributed by atoms with Crippen LogP contribution in [0.25, 0.3) is 0 Å². The van der Waals surface area contributed by atoms with Crippen molar-refractivity contribution in [3.63, 3.8) is 0 Å². The first kappa shape index (κ1) is 23.5. The van der Waals surface area contributed by atoms with Crippen molar-refractivity contribution in [2.24, 2.45) is 11.3 Å². The van der Waals surface area contributed by atoms with Crippen molar-refractivity contribution in [3.8, 4) is 0 Å². The van der Waals surface area contributed by atoms with Gasteiger partial charge in [0.2, 0.25) is 0 Å². The van der Waals surface area contributed by atoms with Crippen molar-refractivity contribution < 1.29 is 14.6 Å². The summed E-state index contributed by atoms with van der Waals surface area (Å²) < 4.78 is 7.99. The van der Waals surface area contributed by atoms with E-state index in [0.717, 1.165) is 53.3 Å².